The van der Waals surface area contributed by atoms with Gasteiger partial charge in [0.15, 0.2) is 0 Å². The molecule has 0 aliphatic heterocycles. The van der Waals surface area contributed by atoms with Crippen molar-refractivity contribution in [3.05, 3.63) is 195 Å². The zero-order chi connectivity index (χ0) is 28.4. The van der Waals surface area contributed by atoms with E-state index in [0.29, 0.717) is 4.22 Å². The molecule has 2 aliphatic carbocycles. The maximum Gasteiger partial charge on any atom is -0.0238 e. The summed E-state index contributed by atoms with van der Waals surface area (Å²) in [6, 6.07) is 52.6. The molecule has 0 spiro atoms. The Labute approximate surface area is 261 Å². The van der Waals surface area contributed by atoms with Gasteiger partial charge in [-0.15, -0.1) is 0 Å². The average molecular weight is 595 g/mol. The number of allylic oxidation sites excluding steroid dienone is 5. The molecule has 1 atom stereocenters. The molecule has 5 aromatic rings. The molecule has 0 heterocycles. The molecule has 0 aromatic heterocycles. The minimum atomic E-state index is -0.513. The van der Waals surface area contributed by atoms with Crippen LogP contribution in [0.1, 0.15) is 32.9 Å². The summed E-state index contributed by atoms with van der Waals surface area (Å²) in [4.78, 5) is 0. The van der Waals surface area contributed by atoms with Gasteiger partial charge >= 0.3 is 178 Å². The van der Waals surface area contributed by atoms with Crippen molar-refractivity contribution >= 4 is 24.6 Å². The molecule has 7 rings (SSSR count). The first-order valence-corrected chi connectivity index (χ1v) is 17.8. The predicted octanol–water partition coefficient (Wildman–Crippen LogP) is 9.61. The maximum absolute atomic E-state index is 2.51. The number of hydrogen-bond acceptors (Lipinski definition) is 0. The van der Waals surface area contributed by atoms with Crippen LogP contribution < -0.4 is 10.6 Å². The van der Waals surface area contributed by atoms with E-state index in [1.165, 1.54) is 27.3 Å². The smallest absolute Gasteiger partial charge is 0.0238 e. The van der Waals surface area contributed by atoms with Gasteiger partial charge < -0.3 is 0 Å². The molecule has 0 N–H and O–H groups in total. The molecular formula is C40H35PTi. The molecule has 5 aromatic carbocycles. The molecule has 42 heavy (non-hydrogen) atoms. The number of fused-ring (bicyclic) bond motifs is 1. The average Bonchev–Trinajstić information content (AvgIpc) is 3.71. The van der Waals surface area contributed by atoms with Gasteiger partial charge in [0.05, 0.1) is 0 Å². The predicted molar refractivity (Wildman–Crippen MR) is 178 cm³/mol. The van der Waals surface area contributed by atoms with Gasteiger partial charge in [-0.3, -0.25) is 0 Å². The summed E-state index contributed by atoms with van der Waals surface area (Å²) in [5.41, 5.74) is 5.80. The van der Waals surface area contributed by atoms with Gasteiger partial charge in [-0.25, -0.2) is 0 Å². The van der Waals surface area contributed by atoms with E-state index >= 15 is 0 Å². The van der Waals surface area contributed by atoms with Gasteiger partial charge in [0, 0.05) is 0 Å². The summed E-state index contributed by atoms with van der Waals surface area (Å²) in [6.07, 6.45) is 12.8. The number of benzene rings is 5. The van der Waals surface area contributed by atoms with E-state index in [9.17, 15) is 0 Å². The Hall–Kier alpha value is -3.54. The fraction of sp³-hybridized carbons (Fsp3) is 0.100. The van der Waals surface area contributed by atoms with Crippen molar-refractivity contribution in [1.29, 1.82) is 0 Å². The van der Waals surface area contributed by atoms with Crippen LogP contribution >= 0.6 is 7.92 Å². The van der Waals surface area contributed by atoms with Crippen molar-refractivity contribution in [2.45, 2.75) is 23.5 Å². The van der Waals surface area contributed by atoms with Gasteiger partial charge in [0.25, 0.3) is 0 Å². The molecule has 2 heteroatoms. The van der Waals surface area contributed by atoms with Crippen LogP contribution in [0.25, 0.3) is 6.08 Å². The van der Waals surface area contributed by atoms with Crippen molar-refractivity contribution < 1.29 is 19.2 Å². The summed E-state index contributed by atoms with van der Waals surface area (Å²) in [6.45, 7) is 0. The fourth-order valence-electron chi connectivity index (χ4n) is 5.57. The van der Waals surface area contributed by atoms with Crippen LogP contribution in [-0.2, 0) is 32.0 Å². The van der Waals surface area contributed by atoms with Crippen LogP contribution in [0.4, 0.5) is 0 Å². The standard InChI is InChI=1S/C21H16P.C14H14.C5H5.Ti/c1-3-11-19(12-4-1)22(20-13-5-2-6-14-20)21-15-17-9-7-8-10-18(17)16-21;1-3-7-13(8-4-1)11-12-14-9-5-2-6-10-14;1-2-4-5-3-1;/h1-16H;1-10H,11-12H2;1-3H,4H2;. The van der Waals surface area contributed by atoms with E-state index in [2.05, 4.69) is 170 Å². The van der Waals surface area contributed by atoms with Crippen molar-refractivity contribution in [3.63, 3.8) is 0 Å². The number of rotatable bonds is 8. The molecule has 0 saturated heterocycles. The van der Waals surface area contributed by atoms with Crippen molar-refractivity contribution in [2.24, 2.45) is 0 Å². The van der Waals surface area contributed by atoms with Crippen LogP contribution in [0.15, 0.2) is 173 Å². The summed E-state index contributed by atoms with van der Waals surface area (Å²) >= 11 is -0.246. The summed E-state index contributed by atoms with van der Waals surface area (Å²) in [5.74, 6) is 0. The molecule has 0 bridgehead atoms. The van der Waals surface area contributed by atoms with E-state index in [1.54, 1.807) is 14.8 Å². The van der Waals surface area contributed by atoms with E-state index in [-0.39, 0.29) is 19.2 Å². The first-order valence-electron chi connectivity index (χ1n) is 14.8. The molecule has 0 saturated carbocycles. The SMILES string of the molecule is C1=CC[C]([Ti][CH]2C(P(c3ccccc3)c3ccccc3)=Cc3ccccc32)=C1.c1ccc(CCc2ccccc2)cc1. The molecule has 1 unspecified atom stereocenters. The first kappa shape index (κ1) is 28.6. The molecule has 204 valence electrons. The monoisotopic (exact) mass is 594 g/mol. The summed E-state index contributed by atoms with van der Waals surface area (Å²) in [7, 11) is -0.513. The second kappa shape index (κ2) is 14.6. The Morgan fingerprint density at radius 2 is 1.07 bits per heavy atom. The summed E-state index contributed by atoms with van der Waals surface area (Å²) < 4.78 is 2.26. The number of aryl methyl sites for hydroxylation is 2. The third-order valence-corrected chi connectivity index (χ3v) is 13.2. The Bertz CT molecular complexity index is 1580. The van der Waals surface area contributed by atoms with Gasteiger partial charge in [0.2, 0.25) is 0 Å². The third-order valence-electron chi connectivity index (χ3n) is 7.68. The second-order valence-corrected chi connectivity index (χ2v) is 15.2. The van der Waals surface area contributed by atoms with Gasteiger partial charge in [-0.2, -0.15) is 0 Å². The Morgan fingerprint density at radius 1 is 0.571 bits per heavy atom. The molecule has 0 radical (unpaired) electrons. The van der Waals surface area contributed by atoms with E-state index in [1.807, 2.05) is 0 Å². The van der Waals surface area contributed by atoms with Crippen LogP contribution in [0.3, 0.4) is 0 Å². The minimum Gasteiger partial charge on any atom is -0.0622 e. The summed E-state index contributed by atoms with van der Waals surface area (Å²) in [5, 5.41) is 4.55. The molecular weight excluding hydrogens is 559 g/mol. The first-order chi connectivity index (χ1) is 20.8. The Balaban J connectivity index is 0.000000189. The molecule has 0 fully saturated rings. The third kappa shape index (κ3) is 7.26. The van der Waals surface area contributed by atoms with E-state index in [0.717, 1.165) is 19.3 Å². The quantitative estimate of drug-likeness (QED) is 0.124. The minimum absolute atomic E-state index is 0.246. The van der Waals surface area contributed by atoms with Crippen molar-refractivity contribution in [1.82, 2.24) is 0 Å². The maximum atomic E-state index is 2.51. The van der Waals surface area contributed by atoms with Crippen LogP contribution in [0.5, 0.6) is 0 Å². The van der Waals surface area contributed by atoms with Crippen LogP contribution in [-0.4, -0.2) is 0 Å². The Kier molecular flexibility index (Phi) is 9.92. The normalized spacial score (nSPS) is 14.9. The van der Waals surface area contributed by atoms with Gasteiger partial charge in [-0.1, -0.05) is 60.7 Å². The van der Waals surface area contributed by atoms with Crippen LogP contribution in [0.2, 0.25) is 0 Å². The second-order valence-electron chi connectivity index (χ2n) is 10.6. The molecule has 0 amide bonds. The van der Waals surface area contributed by atoms with E-state index in [4.69, 9.17) is 0 Å². The van der Waals surface area contributed by atoms with Gasteiger partial charge in [0.1, 0.15) is 0 Å². The molecule has 2 aliphatic rings. The van der Waals surface area contributed by atoms with E-state index < -0.39 is 7.92 Å². The van der Waals surface area contributed by atoms with Gasteiger partial charge in [-0.05, 0) is 24.0 Å². The number of hydrogen-bond donors (Lipinski definition) is 0. The topological polar surface area (TPSA) is 0 Å². The molecule has 0 nitrogen and oxygen atoms in total. The largest absolute Gasteiger partial charge is 0.0622 e. The zero-order valence-electron chi connectivity index (χ0n) is 23.8. The fourth-order valence-corrected chi connectivity index (χ4v) is 11.2. The van der Waals surface area contributed by atoms with Crippen LogP contribution in [0, 0.1) is 0 Å². The van der Waals surface area contributed by atoms with Crippen molar-refractivity contribution in [3.8, 4) is 0 Å². The zero-order valence-corrected chi connectivity index (χ0v) is 26.3. The Morgan fingerprint density at radius 3 is 1.60 bits per heavy atom. The van der Waals surface area contributed by atoms with Crippen molar-refractivity contribution in [2.75, 3.05) is 0 Å².